The van der Waals surface area contributed by atoms with E-state index in [1.165, 1.54) is 0 Å². The molecular weight excluding hydrogens is 228 g/mol. The first-order valence-corrected chi connectivity index (χ1v) is 5.75. The van der Waals surface area contributed by atoms with Crippen LogP contribution in [0.2, 0.25) is 0 Å². The van der Waals surface area contributed by atoms with Crippen LogP contribution in [0.1, 0.15) is 27.6 Å². The van der Waals surface area contributed by atoms with Gasteiger partial charge in [-0.05, 0) is 37.6 Å². The van der Waals surface area contributed by atoms with Crippen LogP contribution in [0, 0.1) is 13.8 Å². The Morgan fingerprint density at radius 2 is 1.83 bits per heavy atom. The first-order valence-electron chi connectivity index (χ1n) is 5.75. The van der Waals surface area contributed by atoms with E-state index in [2.05, 4.69) is 0 Å². The third-order valence-corrected chi connectivity index (χ3v) is 2.93. The molecule has 90 valence electrons. The summed E-state index contributed by atoms with van der Waals surface area (Å²) in [6.45, 7) is 3.76. The maximum absolute atomic E-state index is 12.2. The zero-order chi connectivity index (χ0) is 12.7. The molecular formula is C15H12O3. The van der Waals surface area contributed by atoms with Gasteiger partial charge in [0.2, 0.25) is 0 Å². The number of carbonyl (C=O) groups is 1. The van der Waals surface area contributed by atoms with Gasteiger partial charge in [-0.15, -0.1) is 0 Å². The number of rotatable bonds is 2. The minimum atomic E-state index is -0.223. The van der Waals surface area contributed by atoms with Gasteiger partial charge in [0.25, 0.3) is 5.78 Å². The second-order valence-electron chi connectivity index (χ2n) is 4.34. The summed E-state index contributed by atoms with van der Waals surface area (Å²) >= 11 is 0. The number of ketones is 1. The molecule has 3 heteroatoms. The van der Waals surface area contributed by atoms with Crippen LogP contribution in [-0.2, 0) is 0 Å². The second-order valence-corrected chi connectivity index (χ2v) is 4.34. The number of hydrogen-bond acceptors (Lipinski definition) is 3. The Balaban J connectivity index is 2.10. The van der Waals surface area contributed by atoms with Crippen LogP contribution in [0.5, 0.6) is 0 Å². The van der Waals surface area contributed by atoms with Gasteiger partial charge in [-0.2, -0.15) is 0 Å². The number of carbonyl (C=O) groups excluding carboxylic acids is 1. The summed E-state index contributed by atoms with van der Waals surface area (Å²) in [6, 6.07) is 11.0. The molecule has 3 rings (SSSR count). The fourth-order valence-corrected chi connectivity index (χ4v) is 2.00. The normalized spacial score (nSPS) is 11.0. The third-order valence-electron chi connectivity index (χ3n) is 2.93. The van der Waals surface area contributed by atoms with Crippen molar-refractivity contribution in [3.63, 3.8) is 0 Å². The molecule has 0 amide bonds. The highest BCUT2D eigenvalue weighted by Crippen LogP contribution is 2.24. The van der Waals surface area contributed by atoms with Gasteiger partial charge in [-0.25, -0.2) is 0 Å². The lowest BCUT2D eigenvalue weighted by atomic mass is 10.1. The van der Waals surface area contributed by atoms with Crippen molar-refractivity contribution in [2.24, 2.45) is 0 Å². The summed E-state index contributed by atoms with van der Waals surface area (Å²) in [5.41, 5.74) is 1.77. The molecule has 0 fully saturated rings. The molecule has 3 nitrogen and oxygen atoms in total. The molecule has 0 radical (unpaired) electrons. The topological polar surface area (TPSA) is 43.4 Å². The zero-order valence-electron chi connectivity index (χ0n) is 10.2. The van der Waals surface area contributed by atoms with Gasteiger partial charge >= 0.3 is 0 Å². The Morgan fingerprint density at radius 3 is 2.50 bits per heavy atom. The SMILES string of the molecule is Cc1ccc(C(=O)c2cc3cccc(C)c3o2)o1. The van der Waals surface area contributed by atoms with Crippen LogP contribution in [-0.4, -0.2) is 5.78 Å². The van der Waals surface area contributed by atoms with Crippen molar-refractivity contribution >= 4 is 16.8 Å². The summed E-state index contributed by atoms with van der Waals surface area (Å²) in [6.07, 6.45) is 0. The van der Waals surface area contributed by atoms with Gasteiger partial charge in [0.15, 0.2) is 11.5 Å². The highest BCUT2D eigenvalue weighted by atomic mass is 16.4. The number of furan rings is 2. The highest BCUT2D eigenvalue weighted by molar-refractivity contribution is 6.07. The molecule has 18 heavy (non-hydrogen) atoms. The van der Waals surface area contributed by atoms with Crippen LogP contribution < -0.4 is 0 Å². The van der Waals surface area contributed by atoms with Crippen LogP contribution in [0.4, 0.5) is 0 Å². The summed E-state index contributed by atoms with van der Waals surface area (Å²) in [7, 11) is 0. The Morgan fingerprint density at radius 1 is 1.00 bits per heavy atom. The molecule has 3 aromatic rings. The lowest BCUT2D eigenvalue weighted by Gasteiger charge is -1.93. The van der Waals surface area contributed by atoms with Crippen LogP contribution in [0.3, 0.4) is 0 Å². The zero-order valence-corrected chi connectivity index (χ0v) is 10.2. The van der Waals surface area contributed by atoms with E-state index >= 15 is 0 Å². The minimum absolute atomic E-state index is 0.223. The van der Waals surface area contributed by atoms with Crippen molar-refractivity contribution in [2.75, 3.05) is 0 Å². The van der Waals surface area contributed by atoms with E-state index in [0.717, 1.165) is 16.5 Å². The summed E-state index contributed by atoms with van der Waals surface area (Å²) < 4.78 is 10.9. The Labute approximate surface area is 104 Å². The van der Waals surface area contributed by atoms with Gasteiger partial charge in [-0.1, -0.05) is 18.2 Å². The average molecular weight is 240 g/mol. The molecule has 0 spiro atoms. The summed E-state index contributed by atoms with van der Waals surface area (Å²) in [5, 5.41) is 0.932. The predicted octanol–water partition coefficient (Wildman–Crippen LogP) is 3.87. The van der Waals surface area contributed by atoms with E-state index in [1.54, 1.807) is 25.1 Å². The van der Waals surface area contributed by atoms with Gasteiger partial charge in [0.05, 0.1) is 0 Å². The molecule has 0 saturated carbocycles. The van der Waals surface area contributed by atoms with E-state index in [-0.39, 0.29) is 5.78 Å². The van der Waals surface area contributed by atoms with Crippen molar-refractivity contribution in [3.8, 4) is 0 Å². The molecule has 0 aliphatic rings. The lowest BCUT2D eigenvalue weighted by Crippen LogP contribution is -1.96. The molecule has 0 N–H and O–H groups in total. The van der Waals surface area contributed by atoms with Crippen molar-refractivity contribution < 1.29 is 13.6 Å². The Bertz CT molecular complexity index is 731. The van der Waals surface area contributed by atoms with Crippen LogP contribution >= 0.6 is 0 Å². The fraction of sp³-hybridized carbons (Fsp3) is 0.133. The molecule has 0 aliphatic carbocycles. The van der Waals surface area contributed by atoms with Crippen molar-refractivity contribution in [2.45, 2.75) is 13.8 Å². The highest BCUT2D eigenvalue weighted by Gasteiger charge is 2.18. The number of para-hydroxylation sites is 1. The van der Waals surface area contributed by atoms with E-state index < -0.39 is 0 Å². The Kier molecular flexibility index (Phi) is 2.33. The summed E-state index contributed by atoms with van der Waals surface area (Å²) in [5.74, 6) is 1.11. The fourth-order valence-electron chi connectivity index (χ4n) is 2.00. The van der Waals surface area contributed by atoms with Crippen LogP contribution in [0.25, 0.3) is 11.0 Å². The largest absolute Gasteiger partial charge is 0.458 e. The molecule has 0 saturated heterocycles. The molecule has 1 aromatic carbocycles. The van der Waals surface area contributed by atoms with Crippen LogP contribution in [0.15, 0.2) is 45.2 Å². The molecule has 0 aliphatic heterocycles. The number of aryl methyl sites for hydroxylation is 2. The maximum Gasteiger partial charge on any atom is 0.263 e. The number of benzene rings is 1. The number of fused-ring (bicyclic) bond motifs is 1. The van der Waals surface area contributed by atoms with Gasteiger partial charge in [0.1, 0.15) is 11.3 Å². The van der Waals surface area contributed by atoms with Gasteiger partial charge in [-0.3, -0.25) is 4.79 Å². The third kappa shape index (κ3) is 1.64. The standard InChI is InChI=1S/C15H12O3/c1-9-4-3-5-11-8-13(18-15(9)11)14(16)12-7-6-10(2)17-12/h3-8H,1-2H3. The minimum Gasteiger partial charge on any atom is -0.458 e. The van der Waals surface area contributed by atoms with Crippen molar-refractivity contribution in [1.82, 2.24) is 0 Å². The monoisotopic (exact) mass is 240 g/mol. The van der Waals surface area contributed by atoms with Gasteiger partial charge < -0.3 is 8.83 Å². The van der Waals surface area contributed by atoms with E-state index in [1.807, 2.05) is 25.1 Å². The quantitative estimate of drug-likeness (QED) is 0.638. The Hall–Kier alpha value is -2.29. The molecule has 2 heterocycles. The van der Waals surface area contributed by atoms with E-state index in [4.69, 9.17) is 8.83 Å². The summed E-state index contributed by atoms with van der Waals surface area (Å²) in [4.78, 5) is 12.2. The van der Waals surface area contributed by atoms with Gasteiger partial charge in [0, 0.05) is 5.39 Å². The lowest BCUT2D eigenvalue weighted by molar-refractivity contribution is 0.0984. The predicted molar refractivity (Wildman–Crippen MR) is 67.8 cm³/mol. The molecule has 0 atom stereocenters. The molecule has 2 aromatic heterocycles. The number of hydrogen-bond donors (Lipinski definition) is 0. The first kappa shape index (κ1) is 10.8. The smallest absolute Gasteiger partial charge is 0.263 e. The van der Waals surface area contributed by atoms with Crippen molar-refractivity contribution in [3.05, 3.63) is 59.2 Å². The van der Waals surface area contributed by atoms with E-state index in [0.29, 0.717) is 17.3 Å². The molecule has 0 unspecified atom stereocenters. The average Bonchev–Trinajstić information content (AvgIpc) is 2.95. The second kappa shape index (κ2) is 3.88. The maximum atomic E-state index is 12.2. The van der Waals surface area contributed by atoms with Crippen molar-refractivity contribution in [1.29, 1.82) is 0 Å². The first-order chi connectivity index (χ1) is 8.65. The van der Waals surface area contributed by atoms with E-state index in [9.17, 15) is 4.79 Å². The molecule has 0 bridgehead atoms.